The molecule has 0 fully saturated rings. The number of rotatable bonds is 6. The van der Waals surface area contributed by atoms with Gasteiger partial charge in [0, 0.05) is 17.6 Å². The molecule has 0 radical (unpaired) electrons. The molecule has 0 aliphatic heterocycles. The van der Waals surface area contributed by atoms with Crippen molar-refractivity contribution in [3.8, 4) is 11.5 Å². The highest BCUT2D eigenvalue weighted by molar-refractivity contribution is 7.93. The number of nitrogens with zero attached hydrogens (tertiary/aromatic N) is 3. The first kappa shape index (κ1) is 18.0. The van der Waals surface area contributed by atoms with Gasteiger partial charge < -0.3 is 15.6 Å². The summed E-state index contributed by atoms with van der Waals surface area (Å²) in [5, 5.41) is 10.00. The lowest BCUT2D eigenvalue weighted by atomic mass is 10.2. The number of hydrogen-bond donors (Lipinski definition) is 2. The molecule has 136 valence electrons. The molecule has 2 aromatic carbocycles. The zero-order valence-corrected chi connectivity index (χ0v) is 15.4. The maximum atomic E-state index is 13.1. The van der Waals surface area contributed by atoms with Gasteiger partial charge in [0.05, 0.1) is 24.2 Å². The molecule has 3 rings (SSSR count). The zero-order chi connectivity index (χ0) is 18.7. The average Bonchev–Trinajstić information content (AvgIpc) is 3.16. The van der Waals surface area contributed by atoms with Crippen LogP contribution >= 0.6 is 11.5 Å². The van der Waals surface area contributed by atoms with Gasteiger partial charge in [-0.05, 0) is 29.8 Å². The fraction of sp³-hybridized carbons (Fsp3) is 0.125. The summed E-state index contributed by atoms with van der Waals surface area (Å²) < 4.78 is 36.4. The molecule has 0 saturated carbocycles. The van der Waals surface area contributed by atoms with Crippen LogP contribution < -0.4 is 14.8 Å². The summed E-state index contributed by atoms with van der Waals surface area (Å²) in [6, 6.07) is 10.8. The number of hydrogen-bond acceptors (Lipinski definition) is 8. The summed E-state index contributed by atoms with van der Waals surface area (Å²) in [5.74, 6) is 0.371. The van der Waals surface area contributed by atoms with Crippen molar-refractivity contribution in [1.82, 2.24) is 9.36 Å². The van der Waals surface area contributed by atoms with E-state index in [1.807, 2.05) is 0 Å². The molecule has 26 heavy (non-hydrogen) atoms. The standard InChI is InChI=1S/C16H16N4O4S2/c1-24-12-4-2-11(3-5-12)9-20(16-18-10-19-25-16)26(22,23)13-6-7-14(17)15(21)8-13/h2-8,10,21H,9,17H2,1H3. The van der Waals surface area contributed by atoms with E-state index in [-0.39, 0.29) is 28.0 Å². The van der Waals surface area contributed by atoms with Crippen molar-refractivity contribution in [3.63, 3.8) is 0 Å². The summed E-state index contributed by atoms with van der Waals surface area (Å²) >= 11 is 0.961. The van der Waals surface area contributed by atoms with Gasteiger partial charge in [-0.1, -0.05) is 12.1 Å². The van der Waals surface area contributed by atoms with Crippen LogP contribution in [-0.4, -0.2) is 30.0 Å². The topological polar surface area (TPSA) is 119 Å². The summed E-state index contributed by atoms with van der Waals surface area (Å²) in [6.07, 6.45) is 1.29. The fourth-order valence-electron chi connectivity index (χ4n) is 2.24. The number of methoxy groups -OCH3 is 1. The molecule has 0 spiro atoms. The summed E-state index contributed by atoms with van der Waals surface area (Å²) in [7, 11) is -2.43. The number of anilines is 2. The quantitative estimate of drug-likeness (QED) is 0.488. The Hall–Kier alpha value is -2.85. The SMILES string of the molecule is COc1ccc(CN(c2ncns2)S(=O)(=O)c2ccc(N)c(O)c2)cc1. The van der Waals surface area contributed by atoms with E-state index >= 15 is 0 Å². The Morgan fingerprint density at radius 3 is 2.54 bits per heavy atom. The molecule has 0 saturated heterocycles. The predicted molar refractivity (Wildman–Crippen MR) is 98.8 cm³/mol. The molecular formula is C16H16N4O4S2. The van der Waals surface area contributed by atoms with E-state index in [1.165, 1.54) is 18.5 Å². The number of benzene rings is 2. The number of aromatic hydroxyl groups is 1. The van der Waals surface area contributed by atoms with E-state index in [9.17, 15) is 13.5 Å². The third-order valence-electron chi connectivity index (χ3n) is 3.64. The van der Waals surface area contributed by atoms with Crippen LogP contribution in [-0.2, 0) is 16.6 Å². The first-order chi connectivity index (χ1) is 12.4. The second-order valence-electron chi connectivity index (χ2n) is 5.30. The molecule has 10 heteroatoms. The van der Waals surface area contributed by atoms with Crippen molar-refractivity contribution in [1.29, 1.82) is 0 Å². The summed E-state index contributed by atoms with van der Waals surface area (Å²) in [4.78, 5) is 3.93. The molecule has 0 unspecified atom stereocenters. The van der Waals surface area contributed by atoms with Crippen LogP contribution in [0.25, 0.3) is 0 Å². The Morgan fingerprint density at radius 2 is 1.96 bits per heavy atom. The van der Waals surface area contributed by atoms with Gasteiger partial charge >= 0.3 is 0 Å². The molecule has 0 bridgehead atoms. The lowest BCUT2D eigenvalue weighted by molar-refractivity contribution is 0.414. The highest BCUT2D eigenvalue weighted by atomic mass is 32.2. The van der Waals surface area contributed by atoms with Gasteiger partial charge in [0.25, 0.3) is 10.0 Å². The molecule has 1 aromatic heterocycles. The number of sulfonamides is 1. The molecule has 0 atom stereocenters. The van der Waals surface area contributed by atoms with Crippen molar-refractivity contribution in [2.45, 2.75) is 11.4 Å². The largest absolute Gasteiger partial charge is 0.506 e. The number of aromatic nitrogens is 2. The van der Waals surface area contributed by atoms with E-state index in [0.717, 1.165) is 27.5 Å². The van der Waals surface area contributed by atoms with Crippen LogP contribution in [0.5, 0.6) is 11.5 Å². The number of ether oxygens (including phenoxy) is 1. The highest BCUT2D eigenvalue weighted by Gasteiger charge is 2.28. The minimum absolute atomic E-state index is 0.0483. The molecule has 0 amide bonds. The van der Waals surface area contributed by atoms with Gasteiger partial charge in [-0.3, -0.25) is 0 Å². The monoisotopic (exact) mass is 392 g/mol. The zero-order valence-electron chi connectivity index (χ0n) is 13.7. The molecule has 0 aliphatic carbocycles. The number of nitrogen functional groups attached to an aromatic ring is 1. The van der Waals surface area contributed by atoms with Gasteiger partial charge in [0.1, 0.15) is 17.8 Å². The Labute approximate surface area is 154 Å². The third-order valence-corrected chi connectivity index (χ3v) is 6.17. The maximum Gasteiger partial charge on any atom is 0.266 e. The van der Waals surface area contributed by atoms with Crippen molar-refractivity contribution < 1.29 is 18.3 Å². The van der Waals surface area contributed by atoms with Crippen LogP contribution in [0.15, 0.2) is 53.7 Å². The van der Waals surface area contributed by atoms with Gasteiger partial charge in [0.15, 0.2) is 0 Å². The summed E-state index contributed by atoms with van der Waals surface area (Å²) in [5.41, 5.74) is 6.40. The van der Waals surface area contributed by atoms with E-state index in [2.05, 4.69) is 9.36 Å². The van der Waals surface area contributed by atoms with Crippen LogP contribution in [0.1, 0.15) is 5.56 Å². The fourth-order valence-corrected chi connectivity index (χ4v) is 4.40. The highest BCUT2D eigenvalue weighted by Crippen LogP contribution is 2.30. The molecule has 1 heterocycles. The minimum Gasteiger partial charge on any atom is -0.506 e. The number of phenolic OH excluding ortho intramolecular Hbond substituents is 1. The van der Waals surface area contributed by atoms with Crippen LogP contribution in [0.3, 0.4) is 0 Å². The van der Waals surface area contributed by atoms with Crippen LogP contribution in [0, 0.1) is 0 Å². The van der Waals surface area contributed by atoms with E-state index in [1.54, 1.807) is 31.4 Å². The van der Waals surface area contributed by atoms with Crippen molar-refractivity contribution >= 4 is 32.4 Å². The third kappa shape index (κ3) is 3.55. The second kappa shape index (κ2) is 7.18. The Kier molecular flexibility index (Phi) is 4.96. The number of nitrogens with two attached hydrogens (primary N) is 1. The van der Waals surface area contributed by atoms with Crippen LogP contribution in [0.4, 0.5) is 10.8 Å². The van der Waals surface area contributed by atoms with E-state index < -0.39 is 10.0 Å². The lowest BCUT2D eigenvalue weighted by Gasteiger charge is -2.21. The van der Waals surface area contributed by atoms with Gasteiger partial charge in [-0.15, -0.1) is 0 Å². The van der Waals surface area contributed by atoms with E-state index in [4.69, 9.17) is 10.5 Å². The van der Waals surface area contributed by atoms with Gasteiger partial charge in [-0.25, -0.2) is 17.7 Å². The molecule has 3 aromatic rings. The van der Waals surface area contributed by atoms with Crippen LogP contribution in [0.2, 0.25) is 0 Å². The van der Waals surface area contributed by atoms with Crippen molar-refractivity contribution in [2.24, 2.45) is 0 Å². The maximum absolute atomic E-state index is 13.1. The Balaban J connectivity index is 2.01. The Bertz CT molecular complexity index is 990. The van der Waals surface area contributed by atoms with Gasteiger partial charge in [-0.2, -0.15) is 4.37 Å². The molecule has 0 aliphatic rings. The minimum atomic E-state index is -3.98. The van der Waals surface area contributed by atoms with E-state index in [0.29, 0.717) is 5.75 Å². The Morgan fingerprint density at radius 1 is 1.23 bits per heavy atom. The summed E-state index contributed by atoms with van der Waals surface area (Å²) in [6.45, 7) is 0.0483. The second-order valence-corrected chi connectivity index (χ2v) is 7.93. The average molecular weight is 392 g/mol. The smallest absolute Gasteiger partial charge is 0.266 e. The first-order valence-corrected chi connectivity index (χ1v) is 9.64. The first-order valence-electron chi connectivity index (χ1n) is 7.42. The molecular weight excluding hydrogens is 376 g/mol. The molecule has 8 nitrogen and oxygen atoms in total. The lowest BCUT2D eigenvalue weighted by Crippen LogP contribution is -2.30. The normalized spacial score (nSPS) is 11.3. The van der Waals surface area contributed by atoms with Crippen molar-refractivity contribution in [3.05, 3.63) is 54.4 Å². The number of phenols is 1. The van der Waals surface area contributed by atoms with Gasteiger partial charge in [0.2, 0.25) is 5.13 Å². The van der Waals surface area contributed by atoms with Crippen molar-refractivity contribution in [2.75, 3.05) is 17.1 Å². The molecule has 3 N–H and O–H groups in total. The predicted octanol–water partition coefficient (Wildman–Crippen LogP) is 2.23.